The molecule has 2 aliphatic carbocycles. The summed E-state index contributed by atoms with van der Waals surface area (Å²) in [5.41, 5.74) is 0.987. The smallest absolute Gasteiger partial charge is 0.329 e. The van der Waals surface area contributed by atoms with E-state index in [1.54, 1.807) is 81.9 Å². The molecule has 141 heavy (non-hydrogen) atoms. The normalized spacial score (nSPS) is 37.1. The third-order valence-electron chi connectivity index (χ3n) is 30.8. The number of aliphatic hydroxyl groups excluding tert-OH is 5. The largest absolute Gasteiger partial charge is 0.460 e. The number of carbonyl (C=O) groups excluding carboxylic acids is 11. The number of ether oxygens (including phenoxy) is 12. The quantitative estimate of drug-likeness (QED) is 0.0273. The summed E-state index contributed by atoms with van der Waals surface area (Å²) < 4.78 is 71.0. The number of amides is 2. The molecule has 2 amide bonds. The van der Waals surface area contributed by atoms with Crippen molar-refractivity contribution in [1.82, 2.24) is 9.80 Å². The number of piperidine rings is 2. The second kappa shape index (κ2) is 57.7. The van der Waals surface area contributed by atoms with E-state index >= 15 is 0 Å². The van der Waals surface area contributed by atoms with Crippen LogP contribution in [0.3, 0.4) is 0 Å². The Morgan fingerprint density at radius 1 is 0.468 bits per heavy atom. The number of fused-ring (bicyclic) bond motifs is 6. The van der Waals surface area contributed by atoms with Gasteiger partial charge in [-0.05, 0) is 221 Å². The number of hydrogen-bond donors (Lipinski definition) is 7. The molecular weight excluding hydrogens is 1820 g/mol. The molecule has 0 aromatic heterocycles. The van der Waals surface area contributed by atoms with Gasteiger partial charge in [0.15, 0.2) is 11.6 Å². The summed E-state index contributed by atoms with van der Waals surface area (Å²) in [4.78, 5) is 158. The summed E-state index contributed by atoms with van der Waals surface area (Å²) in [6, 6.07) is -2.35. The fraction of sp³-hybridized carbons (Fsp3) is 0.752. The first-order valence-corrected chi connectivity index (χ1v) is 51.4. The molecule has 8 aliphatic rings. The molecule has 30 atom stereocenters. The van der Waals surface area contributed by atoms with Crippen molar-refractivity contribution in [3.05, 3.63) is 95.2 Å². The van der Waals surface area contributed by atoms with Crippen molar-refractivity contribution in [2.75, 3.05) is 82.2 Å². The minimum absolute atomic E-state index is 0.00697. The standard InChI is InChI=1S/C56H87NO16.C53H83NO14/c1-33-17-13-12-14-18-34(2)45(68-9)29-41-22-20-39(7)56(67,73-41)51(63)52(64)57-24-16-15-19-42(57)53(65)71-46(30-43(60)35(3)26-38(6)49(62)50(70-11)48(61)37(5)25-33)36(4)27-40-21-23-44(47(28-40)69-10)72-54(66)55(8,31-58)32-59;1-32-16-12-11-13-17-33(2)44(63-8)30-40-21-19-38(7)53(62,68-40)50(59)51(60)54-23-15-14-18-41(54)52(61)67-45(35(4)28-39-20-22-43(66-25-24-55)46(29-39)64-9)31-42(56)34(3)27-37(6)48(58)49(65-10)47(57)36(5)26-32/h12-14,17-18,26,33,35-37,39-42,44-47,49-50,58-59,62,67H,15-16,19-25,27-32H2,1-11H3;11-13,16-17,27,32,34-36,38-41,43-46,48-49,55,58,62H,14-15,18-26,28-31H2,1-10H3/b14-12?,17-13+,34-18?,38-26+;13-11?,16-12+,33-17?,37-27+/t33-,35-,36-,37-,39-,40+,41+,42+,44-,45+,46+,47-,49-,50+,56-;32-,34-,35-,36-,38-,39+,40+,41+,43-,44+,45+,46-,48-,49+,53-/m11/s1. The van der Waals surface area contributed by atoms with Gasteiger partial charge in [-0.1, -0.05) is 142 Å². The number of hydrogen-bond acceptors (Lipinski definition) is 30. The van der Waals surface area contributed by atoms with Crippen LogP contribution >= 0.6 is 0 Å². The first kappa shape index (κ1) is 121. The Hall–Kier alpha value is -7.35. The topological polar surface area (TPSA) is 447 Å². The molecule has 0 unspecified atom stereocenters. The molecule has 796 valence electrons. The van der Waals surface area contributed by atoms with Crippen molar-refractivity contribution in [3.63, 3.8) is 0 Å². The predicted octanol–water partition coefficient (Wildman–Crippen LogP) is 11.9. The molecule has 2 saturated carbocycles. The van der Waals surface area contributed by atoms with Gasteiger partial charge in [-0.2, -0.15) is 0 Å². The average molecular weight is 1990 g/mol. The molecule has 0 spiro atoms. The highest BCUT2D eigenvalue weighted by Crippen LogP contribution is 2.43. The molecule has 6 aliphatic heterocycles. The number of aliphatic hydroxyl groups is 7. The Morgan fingerprint density at radius 2 is 0.858 bits per heavy atom. The van der Waals surface area contributed by atoms with Crippen LogP contribution in [0.2, 0.25) is 0 Å². The lowest BCUT2D eigenvalue weighted by Gasteiger charge is -2.42. The van der Waals surface area contributed by atoms with E-state index in [0.29, 0.717) is 133 Å². The first-order valence-electron chi connectivity index (χ1n) is 51.4. The SMILES string of the molecule is CO[C@H]1C[C@@H]2CC[C@@H](C)[C@@](O)(O2)C(=O)C(=O)N2CCCC[C@H]2C(=O)O[C@H]([C@H](C)C[C@@H]2CC[C@@H](OC(=O)C(C)(CO)CO)[C@H](OC)C2)CC(=O)[C@H](C)/C=C(\C)[C@@H](O)[C@@H](OC)C(=O)[C@H](C)C[C@H](C)/C=C/C=CC=C1C.CO[C@H]1C[C@@H]2CC[C@@H](C)[C@@](O)(O2)C(=O)C(=O)N2CCCC[C@H]2C(=O)O[C@H]([C@H](C)C[C@@H]2CC[C@@H](OCCO)[C@H](OC)C2)CC(=O)[C@H](C)/C=C(\C)[C@@H](O)[C@@H](OC)C(=O)[C@H](C)C[C@H](C)/C=C/C=CC=C1C. The van der Waals surface area contributed by atoms with E-state index < -0.39 is 198 Å². The minimum atomic E-state index is -2.47. The summed E-state index contributed by atoms with van der Waals surface area (Å²) >= 11 is 0. The molecular formula is C109H170N2O30. The third kappa shape index (κ3) is 33.3. The van der Waals surface area contributed by atoms with Gasteiger partial charge in [0.05, 0.1) is 69.2 Å². The molecule has 4 bridgehead atoms. The maximum atomic E-state index is 14.5. The second-order valence-corrected chi connectivity index (χ2v) is 42.0. The van der Waals surface area contributed by atoms with Crippen LogP contribution in [-0.2, 0) is 110 Å². The molecule has 0 aromatic carbocycles. The number of rotatable bonds is 19. The Kier molecular flexibility index (Phi) is 49.3. The predicted molar refractivity (Wildman–Crippen MR) is 527 cm³/mol. The molecule has 32 nitrogen and oxygen atoms in total. The van der Waals surface area contributed by atoms with E-state index in [0.717, 1.165) is 22.5 Å². The number of esters is 3. The Bertz CT molecular complexity index is 4350. The van der Waals surface area contributed by atoms with Crippen LogP contribution in [0.15, 0.2) is 95.2 Å². The van der Waals surface area contributed by atoms with Crippen molar-refractivity contribution in [1.29, 1.82) is 0 Å². The van der Waals surface area contributed by atoms with Crippen molar-refractivity contribution in [3.8, 4) is 0 Å². The Balaban J connectivity index is 0.000000384. The van der Waals surface area contributed by atoms with Gasteiger partial charge in [0.25, 0.3) is 23.4 Å². The number of carbonyl (C=O) groups is 11. The molecule has 6 heterocycles. The van der Waals surface area contributed by atoms with Gasteiger partial charge in [0.1, 0.15) is 71.8 Å². The third-order valence-corrected chi connectivity index (χ3v) is 30.8. The fourth-order valence-electron chi connectivity index (χ4n) is 21.2. The van der Waals surface area contributed by atoms with E-state index in [1.807, 2.05) is 109 Å². The molecule has 0 radical (unpaired) electrons. The maximum absolute atomic E-state index is 14.5. The average Bonchev–Trinajstić information content (AvgIpc) is 0.838. The number of allylic oxidation sites excluding steroid dienone is 12. The molecule has 7 N–H and O–H groups in total. The van der Waals surface area contributed by atoms with Crippen LogP contribution in [0.25, 0.3) is 0 Å². The highest BCUT2D eigenvalue weighted by molar-refractivity contribution is 6.39. The highest BCUT2D eigenvalue weighted by atomic mass is 16.7. The van der Waals surface area contributed by atoms with E-state index in [9.17, 15) is 88.5 Å². The molecule has 4 saturated heterocycles. The van der Waals surface area contributed by atoms with Gasteiger partial charge < -0.3 is 102 Å². The van der Waals surface area contributed by atoms with Gasteiger partial charge in [-0.3, -0.25) is 43.2 Å². The van der Waals surface area contributed by atoms with Crippen LogP contribution in [0.4, 0.5) is 0 Å². The van der Waals surface area contributed by atoms with E-state index in [-0.39, 0.29) is 117 Å². The van der Waals surface area contributed by atoms with E-state index in [4.69, 9.17) is 56.8 Å². The summed E-state index contributed by atoms with van der Waals surface area (Å²) in [5.74, 6) is -17.3. The van der Waals surface area contributed by atoms with Crippen molar-refractivity contribution in [2.45, 2.75) is 367 Å². The molecule has 0 aromatic rings. The van der Waals surface area contributed by atoms with Crippen LogP contribution in [-0.4, -0.2) is 301 Å². The summed E-state index contributed by atoms with van der Waals surface area (Å²) in [6.07, 6.45) is 21.8. The van der Waals surface area contributed by atoms with Crippen LogP contribution in [0.1, 0.15) is 258 Å². The lowest BCUT2D eigenvalue weighted by molar-refractivity contribution is -0.265. The van der Waals surface area contributed by atoms with Gasteiger partial charge >= 0.3 is 17.9 Å². The molecule has 32 heteroatoms. The lowest BCUT2D eigenvalue weighted by atomic mass is 9.78. The zero-order chi connectivity index (χ0) is 105. The van der Waals surface area contributed by atoms with Crippen LogP contribution < -0.4 is 0 Å². The summed E-state index contributed by atoms with van der Waals surface area (Å²) in [7, 11) is 9.01. The fourth-order valence-corrected chi connectivity index (χ4v) is 21.2. The summed E-state index contributed by atoms with van der Waals surface area (Å²) in [6.45, 7) is 25.6. The Labute approximate surface area is 836 Å². The monoisotopic (exact) mass is 1990 g/mol. The number of Topliss-reactive ketones (excluding diaryl/α,β-unsaturated/α-hetero) is 6. The molecule has 8 rings (SSSR count). The minimum Gasteiger partial charge on any atom is -0.460 e. The number of methoxy groups -OCH3 is 6. The van der Waals surface area contributed by atoms with Gasteiger partial charge in [0.2, 0.25) is 11.6 Å². The first-order chi connectivity index (χ1) is 66.8. The van der Waals surface area contributed by atoms with Crippen LogP contribution in [0, 0.1) is 76.4 Å². The summed E-state index contributed by atoms with van der Waals surface area (Å²) in [5, 5.41) is 75.9. The zero-order valence-corrected chi connectivity index (χ0v) is 87.7. The lowest BCUT2D eigenvalue weighted by Crippen LogP contribution is -2.61. The molecule has 6 fully saturated rings. The Morgan fingerprint density at radius 3 is 1.23 bits per heavy atom. The van der Waals surface area contributed by atoms with E-state index in [2.05, 4.69) is 0 Å². The maximum Gasteiger partial charge on any atom is 0.329 e. The van der Waals surface area contributed by atoms with Crippen LogP contribution in [0.5, 0.6) is 0 Å². The van der Waals surface area contributed by atoms with Crippen molar-refractivity contribution < 1.29 is 145 Å². The number of nitrogens with zero attached hydrogens (tertiary/aromatic N) is 2. The van der Waals surface area contributed by atoms with Crippen molar-refractivity contribution >= 4 is 64.4 Å². The van der Waals surface area contributed by atoms with Gasteiger partial charge in [0, 0.05) is 117 Å². The van der Waals surface area contributed by atoms with Crippen molar-refractivity contribution in [2.24, 2.45) is 76.4 Å². The number of ketones is 6. The zero-order valence-electron chi connectivity index (χ0n) is 87.7. The van der Waals surface area contributed by atoms with E-state index in [1.165, 1.54) is 33.2 Å². The number of cyclic esters (lactones) is 2. The van der Waals surface area contributed by atoms with Gasteiger partial charge in [-0.15, -0.1) is 0 Å². The van der Waals surface area contributed by atoms with Gasteiger partial charge in [-0.25, -0.2) is 9.59 Å². The highest BCUT2D eigenvalue weighted by Gasteiger charge is 2.56. The second-order valence-electron chi connectivity index (χ2n) is 42.0.